The van der Waals surface area contributed by atoms with Gasteiger partial charge in [0, 0.05) is 13.2 Å². The highest BCUT2D eigenvalue weighted by Crippen LogP contribution is 2.34. The van der Waals surface area contributed by atoms with Gasteiger partial charge in [0.15, 0.2) is 0 Å². The van der Waals surface area contributed by atoms with Crippen molar-refractivity contribution in [2.75, 3.05) is 12.4 Å². The van der Waals surface area contributed by atoms with Crippen LogP contribution in [0.1, 0.15) is 69.3 Å². The molecule has 2 aliphatic carbocycles. The van der Waals surface area contributed by atoms with Gasteiger partial charge in [0.1, 0.15) is 5.02 Å². The number of rotatable bonds is 4. The van der Waals surface area contributed by atoms with E-state index in [1.807, 2.05) is 12.1 Å². The second kappa shape index (κ2) is 10.1. The third-order valence-electron chi connectivity index (χ3n) is 5.85. The minimum atomic E-state index is -0.263. The Morgan fingerprint density at radius 3 is 2.25 bits per heavy atom. The smallest absolute Gasteiger partial charge is 0.292 e. The summed E-state index contributed by atoms with van der Waals surface area (Å²) in [6, 6.07) is 8.60. The number of benzene rings is 1. The lowest BCUT2D eigenvalue weighted by molar-refractivity contribution is 0.399. The van der Waals surface area contributed by atoms with Gasteiger partial charge in [-0.25, -0.2) is 0 Å². The predicted octanol–water partition coefficient (Wildman–Crippen LogP) is 4.90. The van der Waals surface area contributed by atoms with Crippen LogP contribution in [0.5, 0.6) is 0 Å². The largest absolute Gasteiger partial charge is 0.400 e. The van der Waals surface area contributed by atoms with Crippen LogP contribution in [0.3, 0.4) is 0 Å². The highest BCUT2D eigenvalue weighted by atomic mass is 35.5. The van der Waals surface area contributed by atoms with Crippen LogP contribution in [0.4, 0.5) is 5.69 Å². The van der Waals surface area contributed by atoms with Gasteiger partial charge in [0.05, 0.1) is 17.6 Å². The maximum absolute atomic E-state index is 12.7. The highest BCUT2D eigenvalue weighted by molar-refractivity contribution is 6.32. The van der Waals surface area contributed by atoms with Crippen LogP contribution in [-0.4, -0.2) is 28.0 Å². The molecule has 0 unspecified atom stereocenters. The van der Waals surface area contributed by atoms with Crippen LogP contribution in [0.15, 0.2) is 35.3 Å². The standard InChI is InChI=1S/C21H26ClN3O.CH4O/c22-20-19(24-17-8-2-1-3-9-17)14-23-25(21(20)26)18-12-10-16(11-13-18)15-6-4-5-7-15;1-2/h10-15,17,24H,1-9H2;2H,1H3. The first-order chi connectivity index (χ1) is 13.7. The first kappa shape index (κ1) is 20.9. The van der Waals surface area contributed by atoms with Crippen LogP contribution in [-0.2, 0) is 0 Å². The monoisotopic (exact) mass is 403 g/mol. The van der Waals surface area contributed by atoms with Crippen molar-refractivity contribution in [3.8, 4) is 5.69 Å². The Kier molecular flexibility index (Phi) is 7.51. The molecule has 6 heteroatoms. The minimum absolute atomic E-state index is 0.227. The fourth-order valence-electron chi connectivity index (χ4n) is 4.33. The zero-order valence-corrected chi connectivity index (χ0v) is 17.3. The third kappa shape index (κ3) is 4.76. The highest BCUT2D eigenvalue weighted by Gasteiger charge is 2.19. The SMILES string of the molecule is CO.O=c1c(Cl)c(NC2CCCCC2)cnn1-c1ccc(C2CCCC2)cc1. The number of anilines is 1. The summed E-state index contributed by atoms with van der Waals surface area (Å²) >= 11 is 6.37. The average molecular weight is 404 g/mol. The molecule has 0 radical (unpaired) electrons. The lowest BCUT2D eigenvalue weighted by Crippen LogP contribution is -2.27. The Balaban J connectivity index is 0.00000109. The molecule has 0 atom stereocenters. The molecule has 2 saturated carbocycles. The molecule has 1 aromatic heterocycles. The zero-order chi connectivity index (χ0) is 19.9. The van der Waals surface area contributed by atoms with Gasteiger partial charge in [-0.05, 0) is 49.3 Å². The number of nitrogens with zero attached hydrogens (tertiary/aromatic N) is 2. The van der Waals surface area contributed by atoms with Crippen molar-refractivity contribution in [3.63, 3.8) is 0 Å². The number of halogens is 1. The molecule has 28 heavy (non-hydrogen) atoms. The zero-order valence-electron chi connectivity index (χ0n) is 16.5. The molecule has 0 amide bonds. The van der Waals surface area contributed by atoms with E-state index in [1.165, 1.54) is 55.2 Å². The molecule has 1 heterocycles. The minimum Gasteiger partial charge on any atom is -0.400 e. The van der Waals surface area contributed by atoms with Crippen molar-refractivity contribution >= 4 is 17.3 Å². The fraction of sp³-hybridized carbons (Fsp3) is 0.545. The molecule has 2 fully saturated rings. The van der Waals surface area contributed by atoms with Crippen LogP contribution < -0.4 is 10.9 Å². The molecule has 2 aromatic rings. The van der Waals surface area contributed by atoms with Gasteiger partial charge in [-0.2, -0.15) is 9.78 Å². The number of aliphatic hydroxyl groups is 1. The Hall–Kier alpha value is -1.85. The van der Waals surface area contributed by atoms with Gasteiger partial charge in [-0.1, -0.05) is 55.8 Å². The Morgan fingerprint density at radius 1 is 1.00 bits per heavy atom. The number of hydrogen-bond acceptors (Lipinski definition) is 4. The first-order valence-corrected chi connectivity index (χ1v) is 10.7. The van der Waals surface area contributed by atoms with Crippen LogP contribution in [0, 0.1) is 0 Å². The lowest BCUT2D eigenvalue weighted by Gasteiger charge is -2.24. The van der Waals surface area contributed by atoms with E-state index in [0.29, 0.717) is 17.6 Å². The Labute approximate surface area is 171 Å². The molecular formula is C22H30ClN3O2. The molecule has 5 nitrogen and oxygen atoms in total. The maximum atomic E-state index is 12.7. The summed E-state index contributed by atoms with van der Waals surface area (Å²) < 4.78 is 1.40. The topological polar surface area (TPSA) is 67.2 Å². The predicted molar refractivity (Wildman–Crippen MR) is 115 cm³/mol. The van der Waals surface area contributed by atoms with Gasteiger partial charge in [0.25, 0.3) is 5.56 Å². The summed E-state index contributed by atoms with van der Waals surface area (Å²) in [5, 5.41) is 15.0. The lowest BCUT2D eigenvalue weighted by atomic mass is 9.95. The number of nitrogens with one attached hydrogen (secondary N) is 1. The fourth-order valence-corrected chi connectivity index (χ4v) is 4.51. The van der Waals surface area contributed by atoms with Gasteiger partial charge in [-0.15, -0.1) is 0 Å². The number of aromatic nitrogens is 2. The molecule has 0 spiro atoms. The quantitative estimate of drug-likeness (QED) is 0.762. The molecule has 0 saturated heterocycles. The van der Waals surface area contributed by atoms with Crippen molar-refractivity contribution in [3.05, 3.63) is 51.4 Å². The summed E-state index contributed by atoms with van der Waals surface area (Å²) in [5.74, 6) is 0.666. The van der Waals surface area contributed by atoms with Gasteiger partial charge in [0.2, 0.25) is 0 Å². The van der Waals surface area contributed by atoms with Gasteiger partial charge >= 0.3 is 0 Å². The summed E-state index contributed by atoms with van der Waals surface area (Å²) in [4.78, 5) is 12.7. The van der Waals surface area contributed by atoms with Crippen molar-refractivity contribution in [1.82, 2.24) is 9.78 Å². The molecule has 152 valence electrons. The summed E-state index contributed by atoms with van der Waals surface area (Å²) in [6.45, 7) is 0. The van der Waals surface area contributed by atoms with Crippen molar-refractivity contribution < 1.29 is 5.11 Å². The molecular weight excluding hydrogens is 374 g/mol. The molecule has 0 aliphatic heterocycles. The van der Waals surface area contributed by atoms with Crippen LogP contribution in [0.25, 0.3) is 5.69 Å². The Morgan fingerprint density at radius 2 is 1.61 bits per heavy atom. The van der Waals surface area contributed by atoms with Crippen LogP contribution in [0.2, 0.25) is 5.02 Å². The molecule has 0 bridgehead atoms. The van der Waals surface area contributed by atoms with Crippen molar-refractivity contribution in [2.24, 2.45) is 0 Å². The number of aliphatic hydroxyl groups excluding tert-OH is 1. The van der Waals surface area contributed by atoms with E-state index >= 15 is 0 Å². The molecule has 2 aliphatic rings. The second-order valence-corrected chi connectivity index (χ2v) is 8.02. The van der Waals surface area contributed by atoms with Crippen LogP contribution >= 0.6 is 11.6 Å². The Bertz CT molecular complexity index is 808. The average Bonchev–Trinajstić information content (AvgIpc) is 3.29. The van der Waals surface area contributed by atoms with E-state index < -0.39 is 0 Å². The molecule has 1 aromatic carbocycles. The first-order valence-electron chi connectivity index (χ1n) is 10.3. The number of hydrogen-bond donors (Lipinski definition) is 2. The molecule has 2 N–H and O–H groups in total. The van der Waals surface area contributed by atoms with Crippen molar-refractivity contribution in [1.29, 1.82) is 0 Å². The van der Waals surface area contributed by atoms with E-state index in [9.17, 15) is 4.79 Å². The van der Waals surface area contributed by atoms with E-state index in [0.717, 1.165) is 25.6 Å². The normalized spacial score (nSPS) is 17.8. The van der Waals surface area contributed by atoms with E-state index in [4.69, 9.17) is 16.7 Å². The second-order valence-electron chi connectivity index (χ2n) is 7.64. The molecule has 4 rings (SSSR count). The van der Waals surface area contributed by atoms with E-state index in [1.54, 1.807) is 6.20 Å². The third-order valence-corrected chi connectivity index (χ3v) is 6.21. The van der Waals surface area contributed by atoms with Crippen molar-refractivity contribution in [2.45, 2.75) is 69.7 Å². The summed E-state index contributed by atoms with van der Waals surface area (Å²) in [5.41, 5.74) is 2.52. The maximum Gasteiger partial charge on any atom is 0.292 e. The van der Waals surface area contributed by atoms with E-state index in [2.05, 4.69) is 22.5 Å². The van der Waals surface area contributed by atoms with Gasteiger partial charge in [-0.3, -0.25) is 4.79 Å². The van der Waals surface area contributed by atoms with Gasteiger partial charge < -0.3 is 10.4 Å². The summed E-state index contributed by atoms with van der Waals surface area (Å²) in [7, 11) is 1.00. The van der Waals surface area contributed by atoms with E-state index in [-0.39, 0.29) is 10.6 Å². The summed E-state index contributed by atoms with van der Waals surface area (Å²) in [6.07, 6.45) is 12.9.